The van der Waals surface area contributed by atoms with Gasteiger partial charge in [0.2, 0.25) is 0 Å². The zero-order chi connectivity index (χ0) is 9.03. The van der Waals surface area contributed by atoms with Crippen LogP contribution >= 0.6 is 0 Å². The lowest BCUT2D eigenvalue weighted by molar-refractivity contribution is -0.145. The summed E-state index contributed by atoms with van der Waals surface area (Å²) in [7, 11) is 0. The molecule has 0 heterocycles. The van der Waals surface area contributed by atoms with Crippen molar-refractivity contribution in [3.8, 4) is 0 Å². The van der Waals surface area contributed by atoms with Crippen molar-refractivity contribution in [3.05, 3.63) is 0 Å². The van der Waals surface area contributed by atoms with Crippen LogP contribution in [0.1, 0.15) is 39.0 Å². The van der Waals surface area contributed by atoms with Gasteiger partial charge >= 0.3 is 5.97 Å². The Bertz CT molecular complexity index is 161. The third-order valence-corrected chi connectivity index (χ3v) is 2.38. The highest BCUT2D eigenvalue weighted by atomic mass is 16.5. The molecule has 0 bridgehead atoms. The summed E-state index contributed by atoms with van der Waals surface area (Å²) in [5, 5.41) is 9.62. The number of hydrogen-bond acceptors (Lipinski definition) is 3. The Morgan fingerprint density at radius 3 is 2.67 bits per heavy atom. The Morgan fingerprint density at radius 2 is 2.25 bits per heavy atom. The smallest absolute Gasteiger partial charge is 0.305 e. The van der Waals surface area contributed by atoms with Crippen LogP contribution in [0.3, 0.4) is 0 Å². The fourth-order valence-corrected chi connectivity index (χ4v) is 1.40. The molecular weight excluding hydrogens is 156 g/mol. The van der Waals surface area contributed by atoms with Crippen LogP contribution in [0.5, 0.6) is 0 Å². The van der Waals surface area contributed by atoms with E-state index in [1.165, 1.54) is 0 Å². The van der Waals surface area contributed by atoms with E-state index < -0.39 is 5.60 Å². The van der Waals surface area contributed by atoms with Crippen LogP contribution in [0.2, 0.25) is 0 Å². The van der Waals surface area contributed by atoms with E-state index in [9.17, 15) is 9.90 Å². The van der Waals surface area contributed by atoms with Crippen molar-refractivity contribution >= 4 is 5.97 Å². The molecule has 0 aromatic rings. The Hall–Kier alpha value is -0.570. The lowest BCUT2D eigenvalue weighted by Crippen LogP contribution is -2.37. The summed E-state index contributed by atoms with van der Waals surface area (Å²) < 4.78 is 4.76. The molecule has 1 fully saturated rings. The lowest BCUT2D eigenvalue weighted by atomic mass is 9.77. The molecule has 12 heavy (non-hydrogen) atoms. The Morgan fingerprint density at radius 1 is 1.58 bits per heavy atom. The van der Waals surface area contributed by atoms with E-state index in [4.69, 9.17) is 4.74 Å². The van der Waals surface area contributed by atoms with E-state index in [1.807, 2.05) is 0 Å². The molecule has 0 atom stereocenters. The van der Waals surface area contributed by atoms with Gasteiger partial charge in [0.25, 0.3) is 0 Å². The van der Waals surface area contributed by atoms with Gasteiger partial charge < -0.3 is 9.84 Å². The number of rotatable bonds is 4. The van der Waals surface area contributed by atoms with Crippen LogP contribution in [0, 0.1) is 0 Å². The Labute approximate surface area is 72.7 Å². The van der Waals surface area contributed by atoms with Crippen LogP contribution in [0.15, 0.2) is 0 Å². The van der Waals surface area contributed by atoms with Crippen molar-refractivity contribution in [1.82, 2.24) is 0 Å². The predicted molar refractivity (Wildman–Crippen MR) is 44.7 cm³/mol. The summed E-state index contributed by atoms with van der Waals surface area (Å²) >= 11 is 0. The quantitative estimate of drug-likeness (QED) is 0.649. The van der Waals surface area contributed by atoms with Gasteiger partial charge in [-0.25, -0.2) is 0 Å². The molecule has 3 heteroatoms. The Kier molecular flexibility index (Phi) is 3.09. The number of carbonyl (C=O) groups is 1. The number of aliphatic hydroxyl groups is 1. The highest BCUT2D eigenvalue weighted by Gasteiger charge is 2.34. The van der Waals surface area contributed by atoms with E-state index >= 15 is 0 Å². The molecule has 1 rings (SSSR count). The van der Waals surface area contributed by atoms with Crippen molar-refractivity contribution in [2.45, 2.75) is 44.6 Å². The molecule has 1 aliphatic rings. The van der Waals surface area contributed by atoms with Crippen LogP contribution in [-0.2, 0) is 9.53 Å². The van der Waals surface area contributed by atoms with Crippen LogP contribution in [0.25, 0.3) is 0 Å². The summed E-state index contributed by atoms with van der Waals surface area (Å²) in [5.41, 5.74) is -0.549. The van der Waals surface area contributed by atoms with Crippen LogP contribution in [0.4, 0.5) is 0 Å². The minimum atomic E-state index is -0.549. The number of ether oxygens (including phenoxy) is 1. The molecule has 0 radical (unpaired) electrons. The van der Waals surface area contributed by atoms with Crippen molar-refractivity contribution in [3.63, 3.8) is 0 Å². The number of hydrogen-bond donors (Lipinski definition) is 1. The average molecular weight is 172 g/mol. The molecule has 3 nitrogen and oxygen atoms in total. The standard InChI is InChI=1S/C9H16O3/c1-2-12-8(10)4-7-9(11)5-3-6-9/h11H,2-7H2,1H3. The summed E-state index contributed by atoms with van der Waals surface area (Å²) in [6.45, 7) is 2.22. The minimum Gasteiger partial charge on any atom is -0.466 e. The molecule has 0 saturated heterocycles. The average Bonchev–Trinajstić information content (AvgIpc) is 1.98. The highest BCUT2D eigenvalue weighted by molar-refractivity contribution is 5.69. The van der Waals surface area contributed by atoms with Crippen LogP contribution < -0.4 is 0 Å². The van der Waals surface area contributed by atoms with Gasteiger partial charge in [-0.1, -0.05) is 0 Å². The molecule has 1 N–H and O–H groups in total. The fraction of sp³-hybridized carbons (Fsp3) is 0.889. The summed E-state index contributed by atoms with van der Waals surface area (Å²) in [5.74, 6) is -0.196. The van der Waals surface area contributed by atoms with E-state index in [2.05, 4.69) is 0 Å². The second-order valence-corrected chi connectivity index (χ2v) is 3.38. The highest BCUT2D eigenvalue weighted by Crippen LogP contribution is 2.35. The number of esters is 1. The molecule has 0 amide bonds. The van der Waals surface area contributed by atoms with Gasteiger partial charge in [-0.05, 0) is 32.6 Å². The molecule has 0 aliphatic heterocycles. The first-order valence-corrected chi connectivity index (χ1v) is 4.54. The molecular formula is C9H16O3. The molecule has 0 unspecified atom stereocenters. The molecule has 0 spiro atoms. The van der Waals surface area contributed by atoms with Gasteiger partial charge in [0.1, 0.15) is 0 Å². The summed E-state index contributed by atoms with van der Waals surface area (Å²) in [6, 6.07) is 0. The first-order valence-electron chi connectivity index (χ1n) is 4.54. The monoisotopic (exact) mass is 172 g/mol. The van der Waals surface area contributed by atoms with Gasteiger partial charge in [0.05, 0.1) is 12.2 Å². The molecule has 0 aromatic carbocycles. The van der Waals surface area contributed by atoms with Crippen molar-refractivity contribution in [2.75, 3.05) is 6.61 Å². The fourth-order valence-electron chi connectivity index (χ4n) is 1.40. The van der Waals surface area contributed by atoms with Gasteiger partial charge in [-0.15, -0.1) is 0 Å². The van der Waals surface area contributed by atoms with Gasteiger partial charge in [-0.3, -0.25) is 4.79 Å². The first-order chi connectivity index (χ1) is 5.66. The normalized spacial score (nSPS) is 19.8. The maximum atomic E-state index is 10.9. The lowest BCUT2D eigenvalue weighted by Gasteiger charge is -2.36. The third kappa shape index (κ3) is 2.48. The summed E-state index contributed by atoms with van der Waals surface area (Å²) in [4.78, 5) is 10.9. The van der Waals surface area contributed by atoms with E-state index in [0.717, 1.165) is 19.3 Å². The Balaban J connectivity index is 2.12. The minimum absolute atomic E-state index is 0.196. The first kappa shape index (κ1) is 9.52. The van der Waals surface area contributed by atoms with E-state index in [-0.39, 0.29) is 5.97 Å². The van der Waals surface area contributed by atoms with Gasteiger partial charge in [0.15, 0.2) is 0 Å². The van der Waals surface area contributed by atoms with Crippen molar-refractivity contribution in [2.24, 2.45) is 0 Å². The third-order valence-electron chi connectivity index (χ3n) is 2.38. The SMILES string of the molecule is CCOC(=O)CCC1(O)CCC1. The molecule has 1 saturated carbocycles. The van der Waals surface area contributed by atoms with E-state index in [1.54, 1.807) is 6.92 Å². The van der Waals surface area contributed by atoms with Gasteiger partial charge in [-0.2, -0.15) is 0 Å². The maximum Gasteiger partial charge on any atom is 0.305 e. The zero-order valence-electron chi connectivity index (χ0n) is 7.51. The maximum absolute atomic E-state index is 10.9. The number of carbonyl (C=O) groups excluding carboxylic acids is 1. The second-order valence-electron chi connectivity index (χ2n) is 3.38. The van der Waals surface area contributed by atoms with Crippen molar-refractivity contribution < 1.29 is 14.6 Å². The van der Waals surface area contributed by atoms with Gasteiger partial charge in [0, 0.05) is 6.42 Å². The van der Waals surface area contributed by atoms with E-state index in [0.29, 0.717) is 19.4 Å². The molecule has 1 aliphatic carbocycles. The second kappa shape index (κ2) is 3.90. The largest absolute Gasteiger partial charge is 0.466 e. The predicted octanol–water partition coefficient (Wildman–Crippen LogP) is 1.24. The molecule has 70 valence electrons. The van der Waals surface area contributed by atoms with Crippen LogP contribution in [-0.4, -0.2) is 23.3 Å². The summed E-state index contributed by atoms with van der Waals surface area (Å²) in [6.07, 6.45) is 3.67. The van der Waals surface area contributed by atoms with Crippen molar-refractivity contribution in [1.29, 1.82) is 0 Å². The molecule has 0 aromatic heterocycles. The zero-order valence-corrected chi connectivity index (χ0v) is 7.51. The topological polar surface area (TPSA) is 46.5 Å².